The molecule has 358 valence electrons. The van der Waals surface area contributed by atoms with E-state index in [-0.39, 0.29) is 47.9 Å². The quantitative estimate of drug-likeness (QED) is 0.0700. The number of imidazole rings is 1. The number of aryl methyl sites for hydroxylation is 2. The van der Waals surface area contributed by atoms with Gasteiger partial charge in [-0.1, -0.05) is 13.0 Å². The second kappa shape index (κ2) is 17.3. The van der Waals surface area contributed by atoms with Crippen LogP contribution in [0.5, 0.6) is 0 Å². The summed E-state index contributed by atoms with van der Waals surface area (Å²) in [5, 5.41) is 38.8. The van der Waals surface area contributed by atoms with Crippen LogP contribution in [0.25, 0.3) is 28.1 Å². The number of carboxylic acid groups (broad SMARTS) is 1. The van der Waals surface area contributed by atoms with Crippen molar-refractivity contribution in [1.29, 1.82) is 10.8 Å². The van der Waals surface area contributed by atoms with Gasteiger partial charge in [0, 0.05) is 98.6 Å². The topological polar surface area (TPSA) is 209 Å². The summed E-state index contributed by atoms with van der Waals surface area (Å²) in [5.74, 6) is -0.353. The molecular formula is C51H56FN11O6. The monoisotopic (exact) mass is 937 g/mol. The Hall–Kier alpha value is -7.34. The van der Waals surface area contributed by atoms with Crippen molar-refractivity contribution in [3.8, 4) is 17.2 Å². The van der Waals surface area contributed by atoms with Crippen molar-refractivity contribution in [2.45, 2.75) is 90.3 Å². The SMILES string of the molecule is CC(=O)N1CCC(Nc2ccc(-n3ccn(-c4c5c(nn4-c4cc(C)c(F)c(C)c4)CCN(C(=O)c4cc6cc(C7CCOCC7)ccc6n4[C@@]4(C(=N)NC(=O)O)C[C@@H]4C)[C@H]5C)c3=O)cc2C=N)C1. The van der Waals surface area contributed by atoms with Crippen LogP contribution in [0.2, 0.25) is 0 Å². The third kappa shape index (κ3) is 7.70. The van der Waals surface area contributed by atoms with Gasteiger partial charge in [-0.15, -0.1) is 0 Å². The number of carbonyl (C=O) groups excluding carboxylic acids is 2. The summed E-state index contributed by atoms with van der Waals surface area (Å²) in [7, 11) is 0. The molecule has 5 N–H and O–H groups in total. The van der Waals surface area contributed by atoms with Gasteiger partial charge < -0.3 is 34.9 Å². The van der Waals surface area contributed by atoms with Gasteiger partial charge in [0.15, 0.2) is 0 Å². The Balaban J connectivity index is 1.06. The van der Waals surface area contributed by atoms with Gasteiger partial charge in [0.25, 0.3) is 5.91 Å². The Labute approximate surface area is 397 Å². The fraction of sp³-hybridized carbons (Fsp3) is 0.392. The summed E-state index contributed by atoms with van der Waals surface area (Å²) in [6, 6.07) is 16.1. The number of fused-ring (bicyclic) bond motifs is 2. The van der Waals surface area contributed by atoms with Crippen molar-refractivity contribution in [2.24, 2.45) is 5.92 Å². The van der Waals surface area contributed by atoms with E-state index in [4.69, 9.17) is 20.7 Å². The summed E-state index contributed by atoms with van der Waals surface area (Å²) >= 11 is 0. The number of hydrogen-bond acceptors (Lipinski definition) is 9. The summed E-state index contributed by atoms with van der Waals surface area (Å²) in [5.41, 5.74) is 5.02. The van der Waals surface area contributed by atoms with E-state index in [2.05, 4.69) is 22.8 Å². The molecule has 10 rings (SSSR count). The molecule has 3 aliphatic heterocycles. The minimum absolute atomic E-state index is 0.0139. The second-order valence-electron chi connectivity index (χ2n) is 19.1. The highest BCUT2D eigenvalue weighted by Gasteiger charge is 2.59. The van der Waals surface area contributed by atoms with Gasteiger partial charge in [0.1, 0.15) is 28.7 Å². The molecule has 69 heavy (non-hydrogen) atoms. The number of amidine groups is 1. The average molecular weight is 938 g/mol. The van der Waals surface area contributed by atoms with Crippen LogP contribution in [0.4, 0.5) is 14.9 Å². The zero-order chi connectivity index (χ0) is 48.6. The molecule has 1 aliphatic carbocycles. The predicted molar refractivity (Wildman–Crippen MR) is 259 cm³/mol. The number of ether oxygens (including phenoxy) is 1. The summed E-state index contributed by atoms with van der Waals surface area (Å²) in [4.78, 5) is 57.8. The van der Waals surface area contributed by atoms with Crippen LogP contribution in [0.15, 0.2) is 71.8 Å². The molecule has 3 amide bonds. The van der Waals surface area contributed by atoms with Crippen molar-refractivity contribution >= 4 is 46.5 Å². The molecule has 0 radical (unpaired) electrons. The highest BCUT2D eigenvalue weighted by molar-refractivity contribution is 6.05. The van der Waals surface area contributed by atoms with Crippen molar-refractivity contribution in [3.05, 3.63) is 122 Å². The summed E-state index contributed by atoms with van der Waals surface area (Å²) in [6.07, 6.45) is 6.45. The number of aromatic nitrogens is 5. The maximum Gasteiger partial charge on any atom is 0.410 e. The van der Waals surface area contributed by atoms with E-state index >= 15 is 9.18 Å². The minimum atomic E-state index is -1.35. The number of rotatable bonds is 10. The zero-order valence-corrected chi connectivity index (χ0v) is 39.3. The van der Waals surface area contributed by atoms with Gasteiger partial charge in [-0.2, -0.15) is 5.10 Å². The van der Waals surface area contributed by atoms with E-state index in [1.165, 1.54) is 15.3 Å². The zero-order valence-electron chi connectivity index (χ0n) is 39.3. The van der Waals surface area contributed by atoms with Crippen LogP contribution in [0, 0.1) is 36.4 Å². The molecule has 3 aromatic heterocycles. The largest absolute Gasteiger partial charge is 0.465 e. The number of halogens is 1. The van der Waals surface area contributed by atoms with Crippen LogP contribution >= 0.6 is 0 Å². The molecule has 6 aromatic rings. The Morgan fingerprint density at radius 2 is 1.68 bits per heavy atom. The van der Waals surface area contributed by atoms with Crippen molar-refractivity contribution < 1.29 is 28.6 Å². The highest BCUT2D eigenvalue weighted by Crippen LogP contribution is 2.53. The summed E-state index contributed by atoms with van der Waals surface area (Å²) in [6.45, 7) is 11.6. The van der Waals surface area contributed by atoms with E-state index in [1.807, 2.05) is 36.6 Å². The molecule has 3 fully saturated rings. The second-order valence-corrected chi connectivity index (χ2v) is 19.1. The molecule has 6 heterocycles. The number of hydrogen-bond donors (Lipinski definition) is 5. The first-order chi connectivity index (χ1) is 33.1. The first-order valence-electron chi connectivity index (χ1n) is 23.6. The van der Waals surface area contributed by atoms with Gasteiger partial charge >= 0.3 is 11.8 Å². The highest BCUT2D eigenvalue weighted by atomic mass is 19.1. The van der Waals surface area contributed by atoms with E-state index < -0.39 is 23.4 Å². The fourth-order valence-corrected chi connectivity index (χ4v) is 11.1. The van der Waals surface area contributed by atoms with Crippen molar-refractivity contribution in [2.75, 3.05) is 38.2 Å². The lowest BCUT2D eigenvalue weighted by Crippen LogP contribution is -2.45. The molecule has 1 unspecified atom stereocenters. The molecule has 0 spiro atoms. The van der Waals surface area contributed by atoms with Gasteiger partial charge in [-0.3, -0.25) is 29.4 Å². The fourth-order valence-electron chi connectivity index (χ4n) is 11.1. The molecule has 4 atom stereocenters. The average Bonchev–Trinajstić information content (AvgIpc) is 3.84. The number of nitrogens with one attached hydrogen (secondary N) is 4. The lowest BCUT2D eigenvalue weighted by atomic mass is 9.91. The van der Waals surface area contributed by atoms with Crippen LogP contribution in [0.3, 0.4) is 0 Å². The molecule has 18 heteroatoms. The standard InChI is InChI=1S/C51H56FN11O6/c1-28-20-39(21-29(2)45(28)52)63-46(61-17-16-60(50(61)68)38-7-8-40(36(23-38)26-53)55-37-10-14-58(27-37)32(5)64)44-31(4)59(15-11-41(44)57-63)47(65)43-24-35-22-34(33-12-18-69-19-13-33)6-9-42(35)62(43)51(25-30(51)3)48(54)56-49(66)67/h6-9,16-17,20-24,26,30-31,33,37,53,55H,10-15,18-19,25,27H2,1-5H3,(H2,54,56)(H,66,67)/t30-,31-,37?,51-/m0/s1. The van der Waals surface area contributed by atoms with Crippen LogP contribution in [-0.4, -0.2) is 107 Å². The maximum absolute atomic E-state index is 15.5. The first-order valence-corrected chi connectivity index (χ1v) is 23.6. The normalized spacial score (nSPS) is 21.3. The number of nitrogens with zero attached hydrogens (tertiary/aromatic N) is 7. The molecule has 0 bridgehead atoms. The number of likely N-dealkylation sites (tertiary alicyclic amines) is 1. The van der Waals surface area contributed by atoms with Crippen LogP contribution in [-0.2, 0) is 21.5 Å². The molecule has 17 nitrogen and oxygen atoms in total. The Bertz CT molecular complexity index is 3150. The van der Waals surface area contributed by atoms with Crippen LogP contribution < -0.4 is 16.3 Å². The Kier molecular flexibility index (Phi) is 11.4. The van der Waals surface area contributed by atoms with Gasteiger partial charge in [0.05, 0.1) is 23.1 Å². The molecule has 2 saturated heterocycles. The van der Waals surface area contributed by atoms with E-state index in [0.29, 0.717) is 95.7 Å². The predicted octanol–water partition coefficient (Wildman–Crippen LogP) is 7.19. The van der Waals surface area contributed by atoms with E-state index in [9.17, 15) is 19.5 Å². The third-order valence-electron chi connectivity index (χ3n) is 14.9. The first kappa shape index (κ1) is 45.4. The number of benzene rings is 3. The summed E-state index contributed by atoms with van der Waals surface area (Å²) < 4.78 is 27.3. The molecule has 3 aromatic carbocycles. The lowest BCUT2D eigenvalue weighted by molar-refractivity contribution is -0.127. The molecule has 1 saturated carbocycles. The molecule has 4 aliphatic rings. The number of anilines is 1. The van der Waals surface area contributed by atoms with Crippen molar-refractivity contribution in [1.82, 2.24) is 38.6 Å². The smallest absolute Gasteiger partial charge is 0.410 e. The van der Waals surface area contributed by atoms with Crippen LogP contribution in [0.1, 0.15) is 102 Å². The Morgan fingerprint density at radius 1 is 0.957 bits per heavy atom. The number of carbonyl (C=O) groups is 3. The third-order valence-corrected chi connectivity index (χ3v) is 14.9. The van der Waals surface area contributed by atoms with Gasteiger partial charge in [-0.25, -0.2) is 18.7 Å². The lowest BCUT2D eigenvalue weighted by Gasteiger charge is -2.34. The van der Waals surface area contributed by atoms with E-state index in [0.717, 1.165) is 35.7 Å². The van der Waals surface area contributed by atoms with E-state index in [1.54, 1.807) is 71.9 Å². The number of amides is 3. The van der Waals surface area contributed by atoms with Gasteiger partial charge in [0.2, 0.25) is 5.91 Å². The Morgan fingerprint density at radius 3 is 2.35 bits per heavy atom. The van der Waals surface area contributed by atoms with Gasteiger partial charge in [-0.05, 0) is 124 Å². The minimum Gasteiger partial charge on any atom is -0.465 e. The maximum atomic E-state index is 15.5. The molecular weight excluding hydrogens is 882 g/mol. The van der Waals surface area contributed by atoms with Crippen molar-refractivity contribution in [3.63, 3.8) is 0 Å².